The molecule has 3 aromatic rings. The molecule has 1 saturated heterocycles. The van der Waals surface area contributed by atoms with Gasteiger partial charge in [-0.1, -0.05) is 30.3 Å². The van der Waals surface area contributed by atoms with Gasteiger partial charge in [-0.3, -0.25) is 9.69 Å². The highest BCUT2D eigenvalue weighted by Gasteiger charge is 2.24. The molecule has 5 rings (SSSR count). The Morgan fingerprint density at radius 2 is 1.77 bits per heavy atom. The van der Waals surface area contributed by atoms with Crippen LogP contribution in [-0.2, 0) is 19.5 Å². The second-order valence-electron chi connectivity index (χ2n) is 10.7. The van der Waals surface area contributed by atoms with E-state index in [1.165, 1.54) is 28.7 Å². The van der Waals surface area contributed by atoms with Gasteiger partial charge in [0.25, 0.3) is 5.91 Å². The number of benzene rings is 3. The predicted molar refractivity (Wildman–Crippen MR) is 157 cm³/mol. The summed E-state index contributed by atoms with van der Waals surface area (Å²) in [5.74, 6) is 1.60. The topological polar surface area (TPSA) is 56.6 Å². The number of likely N-dealkylation sites (tertiary alicyclic amines) is 1. The molecule has 204 valence electrons. The summed E-state index contributed by atoms with van der Waals surface area (Å²) in [7, 11) is 0. The monoisotopic (exact) mass is 543 g/mol. The molecule has 1 fully saturated rings. The molecule has 2 aliphatic rings. The third-order valence-corrected chi connectivity index (χ3v) is 8.10. The maximum Gasteiger partial charge on any atom is 0.253 e. The fourth-order valence-electron chi connectivity index (χ4n) is 5.70. The standard InChI is InChI=1S/C33H37N3O2.ClH/c1-25-5-2-3-6-30(25)23-35-17-4-7-28-12-13-32(21-31(28)24-35)38-20-16-26-14-18-36(19-15-26)33(37)29-10-8-27(22-34)9-11-29;/h2-3,5-6,8-13,21,26H,4,7,14-20,23-24H2,1H3;1H. The number of amides is 1. The fraction of sp³-hybridized carbons (Fsp3) is 0.394. The highest BCUT2D eigenvalue weighted by molar-refractivity contribution is 5.94. The third-order valence-electron chi connectivity index (χ3n) is 8.10. The van der Waals surface area contributed by atoms with E-state index in [-0.39, 0.29) is 18.3 Å². The van der Waals surface area contributed by atoms with Crippen molar-refractivity contribution < 1.29 is 9.53 Å². The van der Waals surface area contributed by atoms with Crippen LogP contribution in [0.5, 0.6) is 5.75 Å². The first-order chi connectivity index (χ1) is 18.6. The molecule has 2 heterocycles. The number of nitrogens with zero attached hydrogens (tertiary/aromatic N) is 3. The highest BCUT2D eigenvalue weighted by atomic mass is 35.5. The van der Waals surface area contributed by atoms with Crippen molar-refractivity contribution in [3.05, 3.63) is 100 Å². The molecule has 6 heteroatoms. The number of hydrogen-bond donors (Lipinski definition) is 0. The molecular weight excluding hydrogens is 506 g/mol. The van der Waals surface area contributed by atoms with Crippen molar-refractivity contribution in [2.45, 2.75) is 52.1 Å². The summed E-state index contributed by atoms with van der Waals surface area (Å²) in [6.07, 6.45) is 5.33. The maximum absolute atomic E-state index is 12.8. The molecule has 0 bridgehead atoms. The number of piperidine rings is 1. The van der Waals surface area contributed by atoms with Crippen molar-refractivity contribution in [1.29, 1.82) is 5.26 Å². The molecule has 2 aliphatic heterocycles. The Kier molecular flexibility index (Phi) is 10.0. The first-order valence-corrected chi connectivity index (χ1v) is 13.9. The molecule has 5 nitrogen and oxygen atoms in total. The number of carbonyl (C=O) groups excluding carboxylic acids is 1. The second-order valence-corrected chi connectivity index (χ2v) is 10.7. The van der Waals surface area contributed by atoms with E-state index in [0.29, 0.717) is 23.7 Å². The van der Waals surface area contributed by atoms with E-state index in [0.717, 1.165) is 64.2 Å². The summed E-state index contributed by atoms with van der Waals surface area (Å²) < 4.78 is 6.23. The molecule has 0 aliphatic carbocycles. The zero-order valence-electron chi connectivity index (χ0n) is 22.8. The highest BCUT2D eigenvalue weighted by Crippen LogP contribution is 2.27. The first-order valence-electron chi connectivity index (χ1n) is 13.9. The van der Waals surface area contributed by atoms with Crippen molar-refractivity contribution in [3.63, 3.8) is 0 Å². The van der Waals surface area contributed by atoms with E-state index in [1.54, 1.807) is 24.3 Å². The van der Waals surface area contributed by atoms with Crippen LogP contribution in [0.4, 0.5) is 0 Å². The largest absolute Gasteiger partial charge is 0.494 e. The second kappa shape index (κ2) is 13.6. The van der Waals surface area contributed by atoms with Crippen LogP contribution >= 0.6 is 12.4 Å². The number of nitriles is 1. The minimum Gasteiger partial charge on any atom is -0.494 e. The van der Waals surface area contributed by atoms with Gasteiger partial charge in [0.05, 0.1) is 18.2 Å². The van der Waals surface area contributed by atoms with Gasteiger partial charge >= 0.3 is 0 Å². The molecule has 0 radical (unpaired) electrons. The Morgan fingerprint density at radius 1 is 1.00 bits per heavy atom. The normalized spacial score (nSPS) is 15.9. The van der Waals surface area contributed by atoms with Crippen LogP contribution in [0.25, 0.3) is 0 Å². The van der Waals surface area contributed by atoms with Crippen molar-refractivity contribution >= 4 is 18.3 Å². The smallest absolute Gasteiger partial charge is 0.253 e. The lowest BCUT2D eigenvalue weighted by atomic mass is 9.93. The van der Waals surface area contributed by atoms with Crippen LogP contribution in [0.2, 0.25) is 0 Å². The minimum atomic E-state index is 0. The van der Waals surface area contributed by atoms with Gasteiger partial charge in [-0.05, 0) is 110 Å². The lowest BCUT2D eigenvalue weighted by molar-refractivity contribution is 0.0680. The van der Waals surface area contributed by atoms with Crippen molar-refractivity contribution in [1.82, 2.24) is 9.80 Å². The van der Waals surface area contributed by atoms with Gasteiger partial charge in [0.15, 0.2) is 0 Å². The number of ether oxygens (including phenoxy) is 1. The lowest BCUT2D eigenvalue weighted by Gasteiger charge is -2.32. The van der Waals surface area contributed by atoms with Gasteiger partial charge in [0.1, 0.15) is 5.75 Å². The first kappa shape index (κ1) is 28.7. The zero-order chi connectivity index (χ0) is 26.3. The van der Waals surface area contributed by atoms with E-state index in [1.807, 2.05) is 4.90 Å². The Balaban J connectivity index is 0.00000353. The summed E-state index contributed by atoms with van der Waals surface area (Å²) in [6.45, 7) is 7.53. The SMILES string of the molecule is Cc1ccccc1CN1CCCc2ccc(OCCC3CCN(C(=O)c4ccc(C#N)cc4)CC3)cc2C1.Cl. The average Bonchev–Trinajstić information content (AvgIpc) is 3.15. The summed E-state index contributed by atoms with van der Waals surface area (Å²) in [6, 6.07) is 24.4. The number of hydrogen-bond acceptors (Lipinski definition) is 4. The molecule has 0 N–H and O–H groups in total. The van der Waals surface area contributed by atoms with Gasteiger partial charge in [0.2, 0.25) is 0 Å². The van der Waals surface area contributed by atoms with Gasteiger partial charge in [0, 0.05) is 31.7 Å². The van der Waals surface area contributed by atoms with Crippen molar-refractivity contribution in [3.8, 4) is 11.8 Å². The molecule has 39 heavy (non-hydrogen) atoms. The maximum atomic E-state index is 12.8. The van der Waals surface area contributed by atoms with Crippen LogP contribution < -0.4 is 4.74 Å². The lowest BCUT2D eigenvalue weighted by Crippen LogP contribution is -2.38. The van der Waals surface area contributed by atoms with Crippen LogP contribution in [0, 0.1) is 24.2 Å². The van der Waals surface area contributed by atoms with Crippen LogP contribution in [0.3, 0.4) is 0 Å². The van der Waals surface area contributed by atoms with E-state index < -0.39 is 0 Å². The number of fused-ring (bicyclic) bond motifs is 1. The number of rotatable bonds is 7. The van der Waals surface area contributed by atoms with Crippen molar-refractivity contribution in [2.75, 3.05) is 26.2 Å². The molecule has 1 amide bonds. The van der Waals surface area contributed by atoms with Gasteiger partial charge in [-0.15, -0.1) is 12.4 Å². The molecule has 0 saturated carbocycles. The number of carbonyl (C=O) groups is 1. The minimum absolute atomic E-state index is 0. The van der Waals surface area contributed by atoms with E-state index in [9.17, 15) is 4.79 Å². The Labute approximate surface area is 238 Å². The molecule has 0 spiro atoms. The molecule has 0 aromatic heterocycles. The van der Waals surface area contributed by atoms with Crippen LogP contribution in [-0.4, -0.2) is 41.9 Å². The van der Waals surface area contributed by atoms with Crippen LogP contribution in [0.1, 0.15) is 63.9 Å². The third kappa shape index (κ3) is 7.41. The van der Waals surface area contributed by atoms with Gasteiger partial charge < -0.3 is 9.64 Å². The van der Waals surface area contributed by atoms with E-state index in [2.05, 4.69) is 60.4 Å². The Morgan fingerprint density at radius 3 is 2.51 bits per heavy atom. The van der Waals surface area contributed by atoms with E-state index in [4.69, 9.17) is 10.00 Å². The van der Waals surface area contributed by atoms with E-state index >= 15 is 0 Å². The predicted octanol–water partition coefficient (Wildman–Crippen LogP) is 6.56. The number of aryl methyl sites for hydroxylation is 2. The number of halogens is 1. The Hall–Kier alpha value is -3.33. The fourth-order valence-corrected chi connectivity index (χ4v) is 5.70. The molecular formula is C33H38ClN3O2. The van der Waals surface area contributed by atoms with Gasteiger partial charge in [-0.25, -0.2) is 0 Å². The molecule has 3 aromatic carbocycles. The quantitative estimate of drug-likeness (QED) is 0.339. The van der Waals surface area contributed by atoms with Crippen LogP contribution in [0.15, 0.2) is 66.7 Å². The summed E-state index contributed by atoms with van der Waals surface area (Å²) in [4.78, 5) is 17.3. The van der Waals surface area contributed by atoms with Crippen molar-refractivity contribution in [2.24, 2.45) is 5.92 Å². The summed E-state index contributed by atoms with van der Waals surface area (Å²) in [5, 5.41) is 8.96. The summed E-state index contributed by atoms with van der Waals surface area (Å²) in [5.41, 5.74) is 6.85. The molecule has 0 unspecified atom stereocenters. The average molecular weight is 544 g/mol. The molecule has 0 atom stereocenters. The van der Waals surface area contributed by atoms with Gasteiger partial charge in [-0.2, -0.15) is 5.26 Å². The zero-order valence-corrected chi connectivity index (χ0v) is 23.6. The Bertz CT molecular complexity index is 1290. The summed E-state index contributed by atoms with van der Waals surface area (Å²) >= 11 is 0.